The maximum atomic E-state index is 12.1. The Bertz CT molecular complexity index is 440. The van der Waals surface area contributed by atoms with Gasteiger partial charge in [0.2, 0.25) is 0 Å². The van der Waals surface area contributed by atoms with E-state index < -0.39 is 31.9 Å². The fourth-order valence-electron chi connectivity index (χ4n) is 2.54. The predicted molar refractivity (Wildman–Crippen MR) is 81.5 cm³/mol. The second-order valence-corrected chi connectivity index (χ2v) is 13.0. The van der Waals surface area contributed by atoms with Crippen LogP contribution < -0.4 is 0 Å². The molecule has 3 atom stereocenters. The van der Waals surface area contributed by atoms with Crippen molar-refractivity contribution in [3.8, 4) is 0 Å². The van der Waals surface area contributed by atoms with Crippen LogP contribution in [0.3, 0.4) is 0 Å². The largest absolute Gasteiger partial charge is 0.455 e. The molecular weight excluding hydrogens is 288 g/mol. The molecule has 2 heterocycles. The molecule has 0 aliphatic carbocycles. The van der Waals surface area contributed by atoms with Gasteiger partial charge in [0.05, 0.1) is 6.61 Å². The van der Waals surface area contributed by atoms with E-state index in [2.05, 4.69) is 33.9 Å². The third kappa shape index (κ3) is 2.91. The van der Waals surface area contributed by atoms with Crippen molar-refractivity contribution in [1.29, 1.82) is 0 Å². The molecule has 2 aliphatic rings. The molecule has 0 bridgehead atoms. The summed E-state index contributed by atoms with van der Waals surface area (Å²) in [5.74, 6) is -1.13. The Kier molecular flexibility index (Phi) is 3.85. The Labute approximate surface area is 128 Å². The molecule has 0 amide bonds. The lowest BCUT2D eigenvalue weighted by Gasteiger charge is -2.37. The number of hydrogen-bond acceptors (Lipinski definition) is 5. The molecule has 2 rings (SSSR count). The zero-order valence-electron chi connectivity index (χ0n) is 14.4. The highest BCUT2D eigenvalue weighted by atomic mass is 28.4. The van der Waals surface area contributed by atoms with Gasteiger partial charge < -0.3 is 18.6 Å². The van der Waals surface area contributed by atoms with Gasteiger partial charge in [-0.3, -0.25) is 0 Å². The van der Waals surface area contributed by atoms with E-state index in [0.717, 1.165) is 0 Å². The van der Waals surface area contributed by atoms with Crippen molar-refractivity contribution in [1.82, 2.24) is 0 Å². The normalized spacial score (nSPS) is 35.7. The first-order valence-electron chi connectivity index (χ1n) is 7.52. The van der Waals surface area contributed by atoms with Crippen molar-refractivity contribution in [2.75, 3.05) is 6.61 Å². The predicted octanol–water partition coefficient (Wildman–Crippen LogP) is 2.84. The van der Waals surface area contributed by atoms with Gasteiger partial charge in [-0.05, 0) is 38.9 Å². The number of hydrogen-bond donors (Lipinski definition) is 0. The molecule has 0 spiro atoms. The number of esters is 1. The van der Waals surface area contributed by atoms with Crippen molar-refractivity contribution in [2.45, 2.75) is 83.3 Å². The van der Waals surface area contributed by atoms with Crippen molar-refractivity contribution in [3.63, 3.8) is 0 Å². The second-order valence-electron chi connectivity index (χ2n) is 8.16. The summed E-state index contributed by atoms with van der Waals surface area (Å²) in [5, 5.41) is 0.116. The highest BCUT2D eigenvalue weighted by Crippen LogP contribution is 2.44. The molecule has 2 fully saturated rings. The van der Waals surface area contributed by atoms with Crippen molar-refractivity contribution < 1.29 is 23.4 Å². The van der Waals surface area contributed by atoms with Crippen molar-refractivity contribution in [2.24, 2.45) is 0 Å². The van der Waals surface area contributed by atoms with Gasteiger partial charge in [0.1, 0.15) is 6.10 Å². The van der Waals surface area contributed by atoms with Crippen LogP contribution in [0.15, 0.2) is 0 Å². The van der Waals surface area contributed by atoms with E-state index in [1.807, 2.05) is 13.8 Å². The van der Waals surface area contributed by atoms with Gasteiger partial charge in [-0.2, -0.15) is 0 Å². The Morgan fingerprint density at radius 1 is 1.24 bits per heavy atom. The number of carbonyl (C=O) groups excluding carboxylic acids is 1. The topological polar surface area (TPSA) is 54.0 Å². The zero-order chi connectivity index (χ0) is 16.3. The van der Waals surface area contributed by atoms with E-state index in [4.69, 9.17) is 18.6 Å². The van der Waals surface area contributed by atoms with Crippen LogP contribution in [-0.4, -0.2) is 44.5 Å². The molecule has 5 nitrogen and oxygen atoms in total. The molecule has 0 aromatic carbocycles. The highest BCUT2D eigenvalue weighted by molar-refractivity contribution is 6.74. The van der Waals surface area contributed by atoms with Crippen LogP contribution in [0.2, 0.25) is 18.1 Å². The van der Waals surface area contributed by atoms with Crippen LogP contribution >= 0.6 is 0 Å². The molecule has 2 aliphatic heterocycles. The van der Waals surface area contributed by atoms with E-state index in [1.54, 1.807) is 6.92 Å². The molecule has 0 aromatic heterocycles. The van der Waals surface area contributed by atoms with Gasteiger partial charge in [0.15, 0.2) is 25.8 Å². The molecule has 0 radical (unpaired) electrons. The molecule has 6 heteroatoms. The molecule has 0 N–H and O–H groups in total. The van der Waals surface area contributed by atoms with Crippen LogP contribution in [0.25, 0.3) is 0 Å². The summed E-state index contributed by atoms with van der Waals surface area (Å²) in [5.41, 5.74) is -1.02. The zero-order valence-corrected chi connectivity index (χ0v) is 15.4. The fraction of sp³-hybridized carbons (Fsp3) is 0.933. The lowest BCUT2D eigenvalue weighted by atomic mass is 9.99. The summed E-state index contributed by atoms with van der Waals surface area (Å²) in [4.78, 5) is 12.1. The van der Waals surface area contributed by atoms with Crippen LogP contribution in [0.5, 0.6) is 0 Å². The summed E-state index contributed by atoms with van der Waals surface area (Å²) in [6, 6.07) is 0. The summed E-state index contributed by atoms with van der Waals surface area (Å²) in [6.07, 6.45) is -0.817. The number of ether oxygens (including phenoxy) is 3. The SMILES string of the molecule is CC1(C)O[C@@H]2[C@@H](CO[Si](C)(C)C(C)(C)C)OC(=O)[C@]2(C)O1. The smallest absolute Gasteiger partial charge is 0.341 e. The minimum Gasteiger partial charge on any atom is -0.455 e. The fourth-order valence-corrected chi connectivity index (χ4v) is 3.56. The number of fused-ring (bicyclic) bond motifs is 1. The maximum absolute atomic E-state index is 12.1. The number of cyclic esters (lactones) is 1. The van der Waals surface area contributed by atoms with E-state index >= 15 is 0 Å². The van der Waals surface area contributed by atoms with Crippen LogP contribution in [0.4, 0.5) is 0 Å². The molecule has 0 unspecified atom stereocenters. The summed E-state index contributed by atoms with van der Waals surface area (Å²) in [6.45, 7) is 16.6. The minimum absolute atomic E-state index is 0.116. The van der Waals surface area contributed by atoms with Crippen molar-refractivity contribution in [3.05, 3.63) is 0 Å². The quantitative estimate of drug-likeness (QED) is 0.592. The summed E-state index contributed by atoms with van der Waals surface area (Å²) < 4.78 is 23.3. The maximum Gasteiger partial charge on any atom is 0.341 e. The molecule has 122 valence electrons. The van der Waals surface area contributed by atoms with Gasteiger partial charge >= 0.3 is 5.97 Å². The first-order valence-corrected chi connectivity index (χ1v) is 10.4. The van der Waals surface area contributed by atoms with E-state index in [1.165, 1.54) is 0 Å². The Morgan fingerprint density at radius 2 is 1.81 bits per heavy atom. The monoisotopic (exact) mass is 316 g/mol. The van der Waals surface area contributed by atoms with Crippen LogP contribution in [0, 0.1) is 0 Å². The third-order valence-electron chi connectivity index (χ3n) is 4.83. The standard InChI is InChI=1S/C15H28O5Si/c1-13(2,3)21(7,8)17-9-10-11-15(6,12(16)18-10)20-14(4,5)19-11/h10-11H,9H2,1-8H3/t10-,11-,15-/m1/s1. The van der Waals surface area contributed by atoms with Gasteiger partial charge in [-0.1, -0.05) is 20.8 Å². The Morgan fingerprint density at radius 3 is 2.33 bits per heavy atom. The van der Waals surface area contributed by atoms with Gasteiger partial charge in [-0.15, -0.1) is 0 Å². The molecule has 0 saturated carbocycles. The van der Waals surface area contributed by atoms with Gasteiger partial charge in [-0.25, -0.2) is 4.79 Å². The van der Waals surface area contributed by atoms with Gasteiger partial charge in [0, 0.05) is 0 Å². The Hall–Kier alpha value is -0.433. The molecule has 2 saturated heterocycles. The average molecular weight is 316 g/mol. The lowest BCUT2D eigenvalue weighted by Crippen LogP contribution is -2.46. The molecule has 0 aromatic rings. The van der Waals surface area contributed by atoms with Crippen molar-refractivity contribution >= 4 is 14.3 Å². The number of rotatable bonds is 3. The first kappa shape index (κ1) is 16.9. The highest BCUT2D eigenvalue weighted by Gasteiger charge is 2.64. The summed E-state index contributed by atoms with van der Waals surface area (Å²) in [7, 11) is -1.89. The summed E-state index contributed by atoms with van der Waals surface area (Å²) >= 11 is 0. The first-order chi connectivity index (χ1) is 9.29. The minimum atomic E-state index is -1.89. The molecular formula is C15H28O5Si. The van der Waals surface area contributed by atoms with Crippen LogP contribution in [0.1, 0.15) is 41.5 Å². The average Bonchev–Trinajstić information content (AvgIpc) is 2.64. The van der Waals surface area contributed by atoms with Crippen LogP contribution in [-0.2, 0) is 23.4 Å². The second kappa shape index (κ2) is 4.78. The van der Waals surface area contributed by atoms with E-state index in [-0.39, 0.29) is 11.0 Å². The van der Waals surface area contributed by atoms with E-state index in [9.17, 15) is 4.79 Å². The third-order valence-corrected chi connectivity index (χ3v) is 9.33. The van der Waals surface area contributed by atoms with E-state index in [0.29, 0.717) is 6.61 Å². The number of carbonyl (C=O) groups is 1. The molecule has 21 heavy (non-hydrogen) atoms. The lowest BCUT2D eigenvalue weighted by molar-refractivity contribution is -0.198. The Balaban J connectivity index is 2.08. The van der Waals surface area contributed by atoms with Gasteiger partial charge in [0.25, 0.3) is 0 Å².